The van der Waals surface area contributed by atoms with Crippen LogP contribution in [0.3, 0.4) is 0 Å². The van der Waals surface area contributed by atoms with Crippen LogP contribution in [0.4, 0.5) is 0 Å². The van der Waals surface area contributed by atoms with E-state index in [0.717, 1.165) is 16.3 Å². The minimum absolute atomic E-state index is 0.00757. The summed E-state index contributed by atoms with van der Waals surface area (Å²) >= 11 is 1.60. The Labute approximate surface area is 148 Å². The highest BCUT2D eigenvalue weighted by atomic mass is 32.1. The number of H-pyrrole nitrogens is 1. The maximum atomic E-state index is 12.7. The maximum absolute atomic E-state index is 12.7. The standard InChI is InChI=1S/C17H18N6OS/c24-16(19-4-3-13-11-23-7-8-25-17(23)21-13)15(22-5-1-2-6-22)9-14-10-18-12-20-14/h1-2,5-8,10-12,15H,3-4,9H2,(H,18,20)(H,19,24). The number of hydrogen-bond donors (Lipinski definition) is 2. The molecule has 128 valence electrons. The largest absolute Gasteiger partial charge is 0.354 e. The van der Waals surface area contributed by atoms with Gasteiger partial charge in [0.05, 0.1) is 12.0 Å². The van der Waals surface area contributed by atoms with Gasteiger partial charge in [-0.2, -0.15) is 0 Å². The molecule has 25 heavy (non-hydrogen) atoms. The molecule has 4 aromatic heterocycles. The van der Waals surface area contributed by atoms with Crippen LogP contribution in [0.1, 0.15) is 17.4 Å². The van der Waals surface area contributed by atoms with Crippen LogP contribution in [-0.4, -0.2) is 36.4 Å². The lowest BCUT2D eigenvalue weighted by molar-refractivity contribution is -0.124. The SMILES string of the molecule is O=C(NCCc1cn2ccsc2n1)C(Cc1cnc[nH]1)n1cccc1. The monoisotopic (exact) mass is 354 g/mol. The summed E-state index contributed by atoms with van der Waals surface area (Å²) in [6, 6.07) is 3.54. The summed E-state index contributed by atoms with van der Waals surface area (Å²) in [5.41, 5.74) is 1.92. The third-order valence-electron chi connectivity index (χ3n) is 4.08. The van der Waals surface area contributed by atoms with Gasteiger partial charge in [-0.25, -0.2) is 9.97 Å². The van der Waals surface area contributed by atoms with Crippen LogP contribution in [0.25, 0.3) is 4.96 Å². The highest BCUT2D eigenvalue weighted by Gasteiger charge is 2.20. The molecule has 7 nitrogen and oxygen atoms in total. The minimum Gasteiger partial charge on any atom is -0.354 e. The van der Waals surface area contributed by atoms with Gasteiger partial charge in [0.2, 0.25) is 5.91 Å². The smallest absolute Gasteiger partial charge is 0.243 e. The first-order chi connectivity index (χ1) is 12.3. The molecule has 0 spiro atoms. The van der Waals surface area contributed by atoms with E-state index in [4.69, 9.17) is 0 Å². The number of nitrogens with one attached hydrogen (secondary N) is 2. The molecular formula is C17H18N6OS. The van der Waals surface area contributed by atoms with Crippen molar-refractivity contribution in [2.45, 2.75) is 18.9 Å². The number of amides is 1. The Bertz CT molecular complexity index is 909. The van der Waals surface area contributed by atoms with Crippen LogP contribution < -0.4 is 5.32 Å². The van der Waals surface area contributed by atoms with Gasteiger partial charge in [0.25, 0.3) is 0 Å². The first-order valence-electron chi connectivity index (χ1n) is 8.08. The van der Waals surface area contributed by atoms with E-state index >= 15 is 0 Å². The van der Waals surface area contributed by atoms with E-state index in [1.807, 2.05) is 51.3 Å². The van der Waals surface area contributed by atoms with Crippen LogP contribution in [0.5, 0.6) is 0 Å². The summed E-state index contributed by atoms with van der Waals surface area (Å²) in [6.07, 6.45) is 12.5. The van der Waals surface area contributed by atoms with E-state index < -0.39 is 0 Å². The molecule has 0 aliphatic rings. The predicted octanol–water partition coefficient (Wildman–Crippen LogP) is 2.06. The Kier molecular flexibility index (Phi) is 4.34. The minimum atomic E-state index is -0.305. The average Bonchev–Trinajstić information content (AvgIpc) is 3.35. The van der Waals surface area contributed by atoms with Crippen LogP contribution >= 0.6 is 11.3 Å². The number of hydrogen-bond acceptors (Lipinski definition) is 4. The van der Waals surface area contributed by atoms with Gasteiger partial charge in [0, 0.05) is 61.4 Å². The van der Waals surface area contributed by atoms with Crippen molar-refractivity contribution in [1.82, 2.24) is 29.2 Å². The second-order valence-electron chi connectivity index (χ2n) is 5.79. The number of rotatable bonds is 7. The molecule has 8 heteroatoms. The van der Waals surface area contributed by atoms with Gasteiger partial charge in [0.15, 0.2) is 4.96 Å². The fourth-order valence-corrected chi connectivity index (χ4v) is 3.54. The fourth-order valence-electron chi connectivity index (χ4n) is 2.82. The number of aromatic amines is 1. The zero-order valence-electron chi connectivity index (χ0n) is 13.5. The van der Waals surface area contributed by atoms with Gasteiger partial charge in [-0.05, 0) is 12.1 Å². The van der Waals surface area contributed by atoms with Gasteiger partial charge >= 0.3 is 0 Å². The third kappa shape index (κ3) is 3.48. The van der Waals surface area contributed by atoms with E-state index in [2.05, 4.69) is 20.3 Å². The molecule has 4 aromatic rings. The van der Waals surface area contributed by atoms with E-state index in [-0.39, 0.29) is 11.9 Å². The first kappa shape index (κ1) is 15.6. The molecule has 4 rings (SSSR count). The van der Waals surface area contributed by atoms with Crippen molar-refractivity contribution in [3.8, 4) is 0 Å². The predicted molar refractivity (Wildman–Crippen MR) is 95.5 cm³/mol. The van der Waals surface area contributed by atoms with Gasteiger partial charge in [0.1, 0.15) is 6.04 Å². The summed E-state index contributed by atoms with van der Waals surface area (Å²) in [6.45, 7) is 0.560. The van der Waals surface area contributed by atoms with Crippen LogP contribution in [0.2, 0.25) is 0 Å². The quantitative estimate of drug-likeness (QED) is 0.533. The second kappa shape index (κ2) is 6.94. The molecular weight excluding hydrogens is 336 g/mol. The third-order valence-corrected chi connectivity index (χ3v) is 4.85. The van der Waals surface area contributed by atoms with Gasteiger partial charge in [-0.3, -0.25) is 9.20 Å². The van der Waals surface area contributed by atoms with Crippen molar-refractivity contribution in [3.63, 3.8) is 0 Å². The van der Waals surface area contributed by atoms with Gasteiger partial charge < -0.3 is 14.9 Å². The molecule has 2 N–H and O–H groups in total. The zero-order valence-corrected chi connectivity index (χ0v) is 14.3. The van der Waals surface area contributed by atoms with E-state index in [1.165, 1.54) is 0 Å². The number of thiazole rings is 1. The van der Waals surface area contributed by atoms with Gasteiger partial charge in [-0.15, -0.1) is 11.3 Å². The number of carbonyl (C=O) groups is 1. The van der Waals surface area contributed by atoms with Crippen molar-refractivity contribution in [2.24, 2.45) is 0 Å². The molecule has 0 aliphatic carbocycles. The fraction of sp³-hybridized carbons (Fsp3) is 0.235. The van der Waals surface area contributed by atoms with Crippen LogP contribution in [-0.2, 0) is 17.6 Å². The summed E-state index contributed by atoms with van der Waals surface area (Å²) in [4.78, 5) is 25.3. The Hall–Kier alpha value is -2.87. The summed E-state index contributed by atoms with van der Waals surface area (Å²) in [7, 11) is 0. The Balaban J connectivity index is 1.39. The molecule has 1 atom stereocenters. The van der Waals surface area contributed by atoms with Crippen molar-refractivity contribution < 1.29 is 4.79 Å². The molecule has 1 amide bonds. The molecule has 0 saturated carbocycles. The van der Waals surface area contributed by atoms with Crippen molar-refractivity contribution in [1.29, 1.82) is 0 Å². The molecule has 0 aliphatic heterocycles. The average molecular weight is 354 g/mol. The molecule has 0 radical (unpaired) electrons. The summed E-state index contributed by atoms with van der Waals surface area (Å²) < 4.78 is 3.92. The number of imidazole rings is 2. The Morgan fingerprint density at radius 1 is 1.32 bits per heavy atom. The van der Waals surface area contributed by atoms with Crippen molar-refractivity contribution >= 4 is 22.2 Å². The topological polar surface area (TPSA) is 80.0 Å². The highest BCUT2D eigenvalue weighted by molar-refractivity contribution is 7.15. The van der Waals surface area contributed by atoms with Crippen molar-refractivity contribution in [2.75, 3.05) is 6.54 Å². The number of carbonyl (C=O) groups excluding carboxylic acids is 1. The zero-order chi connectivity index (χ0) is 17.1. The number of nitrogens with zero attached hydrogens (tertiary/aromatic N) is 4. The van der Waals surface area contributed by atoms with Crippen molar-refractivity contribution in [3.05, 3.63) is 66.2 Å². The maximum Gasteiger partial charge on any atom is 0.243 e. The lowest BCUT2D eigenvalue weighted by atomic mass is 10.1. The summed E-state index contributed by atoms with van der Waals surface area (Å²) in [5.74, 6) is -0.00757. The summed E-state index contributed by atoms with van der Waals surface area (Å²) in [5, 5.41) is 5.03. The van der Waals surface area contributed by atoms with E-state index in [0.29, 0.717) is 19.4 Å². The molecule has 1 unspecified atom stereocenters. The normalized spacial score (nSPS) is 12.5. The molecule has 0 bridgehead atoms. The van der Waals surface area contributed by atoms with Gasteiger partial charge in [-0.1, -0.05) is 0 Å². The highest BCUT2D eigenvalue weighted by Crippen LogP contribution is 2.14. The lowest BCUT2D eigenvalue weighted by Gasteiger charge is -2.18. The molecule has 0 aromatic carbocycles. The van der Waals surface area contributed by atoms with Crippen LogP contribution in [0, 0.1) is 0 Å². The molecule has 0 saturated heterocycles. The van der Waals surface area contributed by atoms with E-state index in [1.54, 1.807) is 23.9 Å². The molecule has 0 fully saturated rings. The second-order valence-corrected chi connectivity index (χ2v) is 6.67. The Morgan fingerprint density at radius 2 is 2.20 bits per heavy atom. The molecule has 4 heterocycles. The van der Waals surface area contributed by atoms with E-state index in [9.17, 15) is 4.79 Å². The lowest BCUT2D eigenvalue weighted by Crippen LogP contribution is -2.34. The first-order valence-corrected chi connectivity index (χ1v) is 8.96. The number of fused-ring (bicyclic) bond motifs is 1. The number of aromatic nitrogens is 5. The Morgan fingerprint density at radius 3 is 2.96 bits per heavy atom. The van der Waals surface area contributed by atoms with Crippen LogP contribution in [0.15, 0.2) is 54.8 Å².